The highest BCUT2D eigenvalue weighted by Gasteiger charge is 2.26. The summed E-state index contributed by atoms with van der Waals surface area (Å²) >= 11 is 0. The summed E-state index contributed by atoms with van der Waals surface area (Å²) in [5.41, 5.74) is 0. The summed E-state index contributed by atoms with van der Waals surface area (Å²) < 4.78 is 17.3. The van der Waals surface area contributed by atoms with Gasteiger partial charge < -0.3 is 10.1 Å². The molecule has 15 heavy (non-hydrogen) atoms. The average molecular weight is 233 g/mol. The molecule has 0 spiro atoms. The van der Waals surface area contributed by atoms with Crippen molar-refractivity contribution in [3.05, 3.63) is 0 Å². The Kier molecular flexibility index (Phi) is 5.79. The molecule has 0 saturated carbocycles. The highest BCUT2D eigenvalue weighted by Crippen LogP contribution is 2.18. The number of hydrogen-bond donors (Lipinski definition) is 1. The van der Waals surface area contributed by atoms with Crippen molar-refractivity contribution < 1.29 is 8.95 Å². The minimum Gasteiger partial charge on any atom is -0.381 e. The molecular formula is C11H23NO2S. The predicted molar refractivity (Wildman–Crippen MR) is 64.5 cm³/mol. The van der Waals surface area contributed by atoms with Gasteiger partial charge in [-0.3, -0.25) is 4.21 Å². The van der Waals surface area contributed by atoms with E-state index in [9.17, 15) is 4.21 Å². The van der Waals surface area contributed by atoms with Crippen molar-refractivity contribution in [3.8, 4) is 0 Å². The molecule has 1 aliphatic heterocycles. The molecule has 1 aliphatic rings. The van der Waals surface area contributed by atoms with E-state index in [4.69, 9.17) is 4.74 Å². The fourth-order valence-electron chi connectivity index (χ4n) is 1.85. The van der Waals surface area contributed by atoms with Crippen molar-refractivity contribution in [2.75, 3.05) is 26.0 Å². The second-order valence-corrected chi connectivity index (χ2v) is 6.18. The number of nitrogens with one attached hydrogen (secondary N) is 1. The summed E-state index contributed by atoms with van der Waals surface area (Å²) in [5, 5.41) is 3.59. The zero-order valence-corrected chi connectivity index (χ0v) is 10.8. The van der Waals surface area contributed by atoms with Gasteiger partial charge in [-0.25, -0.2) is 0 Å². The molecule has 4 unspecified atom stereocenters. The number of hydrogen-bond acceptors (Lipinski definition) is 3. The van der Waals surface area contributed by atoms with Crippen molar-refractivity contribution in [3.63, 3.8) is 0 Å². The molecule has 0 aromatic rings. The second kappa shape index (κ2) is 6.61. The maximum Gasteiger partial charge on any atom is 0.0510 e. The van der Waals surface area contributed by atoms with E-state index in [1.165, 1.54) is 0 Å². The third kappa shape index (κ3) is 3.85. The minimum absolute atomic E-state index is 0.308. The highest BCUT2D eigenvalue weighted by atomic mass is 32.2. The van der Waals surface area contributed by atoms with Gasteiger partial charge in [-0.2, -0.15) is 0 Å². The summed E-state index contributed by atoms with van der Waals surface area (Å²) in [6, 6.07) is 0.349. The smallest absolute Gasteiger partial charge is 0.0510 e. The largest absolute Gasteiger partial charge is 0.381 e. The van der Waals surface area contributed by atoms with Crippen LogP contribution >= 0.6 is 0 Å². The van der Waals surface area contributed by atoms with Crippen molar-refractivity contribution in [2.24, 2.45) is 5.92 Å². The normalized spacial score (nSPS) is 27.5. The maximum absolute atomic E-state index is 11.9. The van der Waals surface area contributed by atoms with Crippen LogP contribution in [-0.4, -0.2) is 41.5 Å². The molecule has 4 atom stereocenters. The first kappa shape index (κ1) is 13.1. The molecule has 3 nitrogen and oxygen atoms in total. The molecule has 90 valence electrons. The molecule has 0 radical (unpaired) electrons. The molecule has 0 amide bonds. The first-order valence-corrected chi connectivity index (χ1v) is 7.19. The van der Waals surface area contributed by atoms with Crippen LogP contribution in [0.1, 0.15) is 26.7 Å². The first-order valence-electron chi connectivity index (χ1n) is 5.81. The lowest BCUT2D eigenvalue weighted by atomic mass is 10.0. The summed E-state index contributed by atoms with van der Waals surface area (Å²) in [4.78, 5) is 0. The van der Waals surface area contributed by atoms with E-state index in [1.54, 1.807) is 0 Å². The van der Waals surface area contributed by atoms with Gasteiger partial charge in [0.05, 0.1) is 6.61 Å². The lowest BCUT2D eigenvalue weighted by Gasteiger charge is -2.22. The minimum atomic E-state index is -0.709. The molecule has 0 bridgehead atoms. The van der Waals surface area contributed by atoms with Crippen molar-refractivity contribution in [1.82, 2.24) is 5.32 Å². The molecule has 0 aliphatic carbocycles. The SMILES string of the molecule is CCC(C)S(=O)CC(NC)C1CCOC1. The van der Waals surface area contributed by atoms with E-state index in [1.807, 2.05) is 7.05 Å². The summed E-state index contributed by atoms with van der Waals surface area (Å²) in [6.45, 7) is 5.84. The van der Waals surface area contributed by atoms with E-state index >= 15 is 0 Å². The molecule has 4 heteroatoms. The zero-order chi connectivity index (χ0) is 11.3. The van der Waals surface area contributed by atoms with Crippen LogP contribution in [0.25, 0.3) is 0 Å². The van der Waals surface area contributed by atoms with Gasteiger partial charge in [-0.1, -0.05) is 13.8 Å². The lowest BCUT2D eigenvalue weighted by Crippen LogP contribution is -2.40. The molecule has 1 heterocycles. The van der Waals surface area contributed by atoms with Gasteiger partial charge in [0.15, 0.2) is 0 Å². The Bertz CT molecular complexity index is 205. The van der Waals surface area contributed by atoms with Gasteiger partial charge in [0.1, 0.15) is 0 Å². The molecule has 1 rings (SSSR count). The van der Waals surface area contributed by atoms with Crippen LogP contribution in [0.5, 0.6) is 0 Å². The third-order valence-corrected chi connectivity index (χ3v) is 5.19. The Morgan fingerprint density at radius 2 is 2.33 bits per heavy atom. The molecule has 1 saturated heterocycles. The van der Waals surface area contributed by atoms with Crippen LogP contribution in [0.15, 0.2) is 0 Å². The summed E-state index contributed by atoms with van der Waals surface area (Å²) in [7, 11) is 1.25. The second-order valence-electron chi connectivity index (χ2n) is 4.29. The van der Waals surface area contributed by atoms with E-state index in [2.05, 4.69) is 19.2 Å². The Hall–Kier alpha value is 0.0700. The van der Waals surface area contributed by atoms with Gasteiger partial charge in [0.2, 0.25) is 0 Å². The number of rotatable bonds is 6. The van der Waals surface area contributed by atoms with Crippen molar-refractivity contribution >= 4 is 10.8 Å². The van der Waals surface area contributed by atoms with E-state index < -0.39 is 10.8 Å². The molecule has 0 aromatic heterocycles. The van der Waals surface area contributed by atoms with Gasteiger partial charge in [-0.15, -0.1) is 0 Å². The maximum atomic E-state index is 11.9. The monoisotopic (exact) mass is 233 g/mol. The number of ether oxygens (including phenoxy) is 1. The standard InChI is InChI=1S/C11H23NO2S/c1-4-9(2)15(13)8-11(12-3)10-5-6-14-7-10/h9-12H,4-8H2,1-3H3. The topological polar surface area (TPSA) is 38.3 Å². The van der Waals surface area contributed by atoms with Gasteiger partial charge in [-0.05, 0) is 19.9 Å². The predicted octanol–water partition coefficient (Wildman–Crippen LogP) is 1.16. The van der Waals surface area contributed by atoms with Gasteiger partial charge in [0, 0.05) is 40.4 Å². The van der Waals surface area contributed by atoms with Crippen LogP contribution in [0.3, 0.4) is 0 Å². The van der Waals surface area contributed by atoms with Crippen LogP contribution in [0.4, 0.5) is 0 Å². The average Bonchev–Trinajstić information content (AvgIpc) is 2.77. The van der Waals surface area contributed by atoms with Crippen LogP contribution in [0, 0.1) is 5.92 Å². The Morgan fingerprint density at radius 3 is 2.80 bits per heavy atom. The molecule has 1 N–H and O–H groups in total. The van der Waals surface area contributed by atoms with Crippen LogP contribution < -0.4 is 5.32 Å². The lowest BCUT2D eigenvalue weighted by molar-refractivity contribution is 0.179. The Labute approximate surface area is 95.4 Å². The zero-order valence-electron chi connectivity index (χ0n) is 9.99. The quantitative estimate of drug-likeness (QED) is 0.748. The van der Waals surface area contributed by atoms with E-state index in [0.717, 1.165) is 31.8 Å². The molecule has 0 aromatic carbocycles. The van der Waals surface area contributed by atoms with Crippen molar-refractivity contribution in [1.29, 1.82) is 0 Å². The Balaban J connectivity index is 2.41. The third-order valence-electron chi connectivity index (χ3n) is 3.27. The summed E-state index contributed by atoms with van der Waals surface area (Å²) in [5.74, 6) is 1.31. The first-order chi connectivity index (χ1) is 7.19. The molecular weight excluding hydrogens is 210 g/mol. The Morgan fingerprint density at radius 1 is 1.60 bits per heavy atom. The fraction of sp³-hybridized carbons (Fsp3) is 1.00. The fourth-order valence-corrected chi connectivity index (χ4v) is 3.35. The van der Waals surface area contributed by atoms with Gasteiger partial charge in [0.25, 0.3) is 0 Å². The van der Waals surface area contributed by atoms with Crippen LogP contribution in [0.2, 0.25) is 0 Å². The van der Waals surface area contributed by atoms with Crippen LogP contribution in [-0.2, 0) is 15.5 Å². The van der Waals surface area contributed by atoms with Gasteiger partial charge >= 0.3 is 0 Å². The van der Waals surface area contributed by atoms with E-state index in [0.29, 0.717) is 17.2 Å². The summed E-state index contributed by atoms with van der Waals surface area (Å²) in [6.07, 6.45) is 2.09. The molecule has 1 fully saturated rings. The highest BCUT2D eigenvalue weighted by molar-refractivity contribution is 7.85. The van der Waals surface area contributed by atoms with E-state index in [-0.39, 0.29) is 0 Å². The van der Waals surface area contributed by atoms with Crippen molar-refractivity contribution in [2.45, 2.75) is 38.0 Å².